The van der Waals surface area contributed by atoms with Gasteiger partial charge < -0.3 is 10.4 Å². The number of rotatable bonds is 4. The van der Waals surface area contributed by atoms with Gasteiger partial charge in [0.25, 0.3) is 0 Å². The zero-order chi connectivity index (χ0) is 14.6. The maximum atomic E-state index is 12.0. The molecule has 0 atom stereocenters. The molecule has 110 valence electrons. The van der Waals surface area contributed by atoms with Crippen LogP contribution in [0, 0.1) is 5.92 Å². The summed E-state index contributed by atoms with van der Waals surface area (Å²) in [7, 11) is 0. The smallest absolute Gasteiger partial charge is 0.223 e. The van der Waals surface area contributed by atoms with Gasteiger partial charge in [-0.05, 0) is 37.8 Å². The quantitative estimate of drug-likeness (QED) is 0.887. The third-order valence-electron chi connectivity index (χ3n) is 4.10. The van der Waals surface area contributed by atoms with E-state index in [1.165, 1.54) is 19.3 Å². The lowest BCUT2D eigenvalue weighted by molar-refractivity contribution is -0.126. The summed E-state index contributed by atoms with van der Waals surface area (Å²) in [6.45, 7) is 4.11. The van der Waals surface area contributed by atoms with E-state index in [1.54, 1.807) is 13.8 Å². The minimum absolute atomic E-state index is 0.191. The lowest BCUT2D eigenvalue weighted by atomic mass is 9.88. The van der Waals surface area contributed by atoms with E-state index in [1.807, 2.05) is 24.3 Å². The molecular formula is C17H25NO2. The van der Waals surface area contributed by atoms with Gasteiger partial charge in [-0.15, -0.1) is 0 Å². The fraction of sp³-hybridized carbons (Fsp3) is 0.588. The first-order valence-corrected chi connectivity index (χ1v) is 7.56. The molecule has 0 heterocycles. The van der Waals surface area contributed by atoms with Gasteiger partial charge >= 0.3 is 0 Å². The van der Waals surface area contributed by atoms with Gasteiger partial charge in [-0.1, -0.05) is 43.5 Å². The first-order chi connectivity index (χ1) is 9.47. The summed E-state index contributed by atoms with van der Waals surface area (Å²) < 4.78 is 0. The maximum Gasteiger partial charge on any atom is 0.223 e. The normalized spacial score (nSPS) is 16.9. The molecule has 20 heavy (non-hydrogen) atoms. The second-order valence-corrected chi connectivity index (χ2v) is 6.31. The second-order valence-electron chi connectivity index (χ2n) is 6.31. The average molecular weight is 275 g/mol. The topological polar surface area (TPSA) is 49.3 Å². The lowest BCUT2D eigenvalue weighted by Crippen LogP contribution is -2.31. The van der Waals surface area contributed by atoms with E-state index in [4.69, 9.17) is 0 Å². The molecule has 1 fully saturated rings. The Morgan fingerprint density at radius 3 is 2.35 bits per heavy atom. The molecule has 0 spiro atoms. The summed E-state index contributed by atoms with van der Waals surface area (Å²) in [5.41, 5.74) is 1.14. The lowest BCUT2D eigenvalue weighted by Gasteiger charge is -2.21. The van der Waals surface area contributed by atoms with Crippen LogP contribution in [0.3, 0.4) is 0 Å². The predicted octanol–water partition coefficient (Wildman–Crippen LogP) is 3.11. The molecule has 1 aliphatic rings. The van der Waals surface area contributed by atoms with E-state index in [-0.39, 0.29) is 11.8 Å². The first-order valence-electron chi connectivity index (χ1n) is 7.56. The Hall–Kier alpha value is -1.35. The number of amides is 1. The SMILES string of the molecule is CC(C)(O)c1ccc(CNC(=O)C2CCCCC2)cc1. The molecule has 3 heteroatoms. The van der Waals surface area contributed by atoms with Crippen LogP contribution in [0.4, 0.5) is 0 Å². The van der Waals surface area contributed by atoms with Crippen LogP contribution in [0.15, 0.2) is 24.3 Å². The highest BCUT2D eigenvalue weighted by Gasteiger charge is 2.20. The van der Waals surface area contributed by atoms with Gasteiger partial charge in [0.1, 0.15) is 0 Å². The maximum absolute atomic E-state index is 12.0. The van der Waals surface area contributed by atoms with Crippen molar-refractivity contribution in [2.45, 2.75) is 58.1 Å². The third kappa shape index (κ3) is 4.07. The highest BCUT2D eigenvalue weighted by molar-refractivity contribution is 5.78. The molecule has 1 aromatic carbocycles. The van der Waals surface area contributed by atoms with Gasteiger partial charge in [0.05, 0.1) is 5.60 Å². The molecule has 2 rings (SSSR count). The number of benzene rings is 1. The van der Waals surface area contributed by atoms with Gasteiger partial charge in [0.2, 0.25) is 5.91 Å². The van der Waals surface area contributed by atoms with Gasteiger partial charge in [-0.25, -0.2) is 0 Å². The second kappa shape index (κ2) is 6.40. The Labute approximate surface area is 121 Å². The van der Waals surface area contributed by atoms with E-state index in [9.17, 15) is 9.90 Å². The summed E-state index contributed by atoms with van der Waals surface area (Å²) in [6.07, 6.45) is 5.69. The van der Waals surface area contributed by atoms with Crippen molar-refractivity contribution in [3.8, 4) is 0 Å². The van der Waals surface area contributed by atoms with Crippen molar-refractivity contribution in [2.75, 3.05) is 0 Å². The van der Waals surface area contributed by atoms with E-state index < -0.39 is 5.60 Å². The predicted molar refractivity (Wildman–Crippen MR) is 80.1 cm³/mol. The van der Waals surface area contributed by atoms with Crippen LogP contribution in [0.25, 0.3) is 0 Å². The molecule has 1 saturated carbocycles. The van der Waals surface area contributed by atoms with Crippen molar-refractivity contribution in [3.05, 3.63) is 35.4 Å². The molecule has 0 aromatic heterocycles. The summed E-state index contributed by atoms with van der Waals surface area (Å²) in [4.78, 5) is 12.0. The minimum atomic E-state index is -0.816. The van der Waals surface area contributed by atoms with Crippen molar-refractivity contribution in [3.63, 3.8) is 0 Å². The van der Waals surface area contributed by atoms with Crippen molar-refractivity contribution in [2.24, 2.45) is 5.92 Å². The molecule has 3 nitrogen and oxygen atoms in total. The summed E-state index contributed by atoms with van der Waals surface area (Å²) in [5.74, 6) is 0.399. The van der Waals surface area contributed by atoms with Crippen LogP contribution < -0.4 is 5.32 Å². The minimum Gasteiger partial charge on any atom is -0.386 e. The summed E-state index contributed by atoms with van der Waals surface area (Å²) in [5, 5.41) is 12.9. The van der Waals surface area contributed by atoms with Gasteiger partial charge in [0, 0.05) is 12.5 Å². The van der Waals surface area contributed by atoms with Crippen LogP contribution in [0.2, 0.25) is 0 Å². The number of hydrogen-bond donors (Lipinski definition) is 2. The molecule has 0 aliphatic heterocycles. The van der Waals surface area contributed by atoms with Crippen molar-refractivity contribution < 1.29 is 9.90 Å². The Morgan fingerprint density at radius 1 is 1.20 bits per heavy atom. The summed E-state index contributed by atoms with van der Waals surface area (Å²) in [6, 6.07) is 7.77. The van der Waals surface area contributed by atoms with Gasteiger partial charge in [0.15, 0.2) is 0 Å². The van der Waals surface area contributed by atoms with Crippen LogP contribution in [0.1, 0.15) is 57.1 Å². The van der Waals surface area contributed by atoms with E-state index in [0.717, 1.165) is 24.0 Å². The Morgan fingerprint density at radius 2 is 1.80 bits per heavy atom. The molecule has 2 N–H and O–H groups in total. The fourth-order valence-corrected chi connectivity index (χ4v) is 2.73. The van der Waals surface area contributed by atoms with Gasteiger partial charge in [-0.3, -0.25) is 4.79 Å². The number of hydrogen-bond acceptors (Lipinski definition) is 2. The molecule has 0 radical (unpaired) electrons. The third-order valence-corrected chi connectivity index (χ3v) is 4.10. The highest BCUT2D eigenvalue weighted by atomic mass is 16.3. The first kappa shape index (κ1) is 15.0. The van der Waals surface area contributed by atoms with E-state index in [2.05, 4.69) is 5.32 Å². The highest BCUT2D eigenvalue weighted by Crippen LogP contribution is 2.24. The number of nitrogens with one attached hydrogen (secondary N) is 1. The van der Waals surface area contributed by atoms with Crippen LogP contribution in [0.5, 0.6) is 0 Å². The monoisotopic (exact) mass is 275 g/mol. The van der Waals surface area contributed by atoms with Crippen molar-refractivity contribution in [1.82, 2.24) is 5.32 Å². The molecule has 0 saturated heterocycles. The zero-order valence-electron chi connectivity index (χ0n) is 12.5. The molecule has 1 amide bonds. The van der Waals surface area contributed by atoms with Crippen molar-refractivity contribution >= 4 is 5.91 Å². The van der Waals surface area contributed by atoms with Crippen LogP contribution in [-0.4, -0.2) is 11.0 Å². The molecule has 1 aliphatic carbocycles. The number of carbonyl (C=O) groups excluding carboxylic acids is 1. The van der Waals surface area contributed by atoms with Gasteiger partial charge in [-0.2, -0.15) is 0 Å². The van der Waals surface area contributed by atoms with Crippen LogP contribution in [-0.2, 0) is 16.9 Å². The zero-order valence-corrected chi connectivity index (χ0v) is 12.5. The Kier molecular flexibility index (Phi) is 4.81. The fourth-order valence-electron chi connectivity index (χ4n) is 2.73. The largest absolute Gasteiger partial charge is 0.386 e. The molecular weight excluding hydrogens is 250 g/mol. The average Bonchev–Trinajstić information content (AvgIpc) is 2.45. The standard InChI is InChI=1S/C17H25NO2/c1-17(2,20)15-10-8-13(9-11-15)12-18-16(19)14-6-4-3-5-7-14/h8-11,14,20H,3-7,12H2,1-2H3,(H,18,19). The number of carbonyl (C=O) groups is 1. The number of aliphatic hydroxyl groups is 1. The summed E-state index contributed by atoms with van der Waals surface area (Å²) >= 11 is 0. The van der Waals surface area contributed by atoms with E-state index in [0.29, 0.717) is 6.54 Å². The Balaban J connectivity index is 1.86. The molecule has 0 unspecified atom stereocenters. The van der Waals surface area contributed by atoms with Crippen molar-refractivity contribution in [1.29, 1.82) is 0 Å². The van der Waals surface area contributed by atoms with E-state index >= 15 is 0 Å². The molecule has 1 aromatic rings. The molecule has 0 bridgehead atoms. The Bertz CT molecular complexity index is 439. The van der Waals surface area contributed by atoms with Crippen LogP contribution >= 0.6 is 0 Å².